The van der Waals surface area contributed by atoms with E-state index in [1.807, 2.05) is 25.1 Å². The summed E-state index contributed by atoms with van der Waals surface area (Å²) >= 11 is 6.02. The second-order valence-corrected chi connectivity index (χ2v) is 12.7. The van der Waals surface area contributed by atoms with Crippen LogP contribution >= 0.6 is 11.6 Å². The van der Waals surface area contributed by atoms with E-state index in [0.717, 1.165) is 12.0 Å². The molecule has 1 atom stereocenters. The van der Waals surface area contributed by atoms with Crippen LogP contribution in [0.2, 0.25) is 5.02 Å². The van der Waals surface area contributed by atoms with Gasteiger partial charge in [0.1, 0.15) is 10.6 Å². The summed E-state index contributed by atoms with van der Waals surface area (Å²) in [5.74, 6) is 1.10. The largest absolute Gasteiger partial charge is 0.377 e. The van der Waals surface area contributed by atoms with Crippen molar-refractivity contribution in [1.82, 2.24) is 15.3 Å². The first-order valence-electron chi connectivity index (χ1n) is 13.1. The number of rotatable bonds is 8. The zero-order valence-electron chi connectivity index (χ0n) is 22.0. The molecule has 0 bridgehead atoms. The summed E-state index contributed by atoms with van der Waals surface area (Å²) in [4.78, 5) is 24.1. The van der Waals surface area contributed by atoms with Crippen molar-refractivity contribution in [2.24, 2.45) is 0 Å². The highest BCUT2D eigenvalue weighted by molar-refractivity contribution is 7.92. The predicted molar refractivity (Wildman–Crippen MR) is 152 cm³/mol. The van der Waals surface area contributed by atoms with Crippen LogP contribution in [0, 0.1) is 0 Å². The van der Waals surface area contributed by atoms with Crippen LogP contribution in [0.15, 0.2) is 59.5 Å². The van der Waals surface area contributed by atoms with Crippen molar-refractivity contribution in [1.29, 1.82) is 0 Å². The van der Waals surface area contributed by atoms with Crippen LogP contribution < -0.4 is 15.5 Å². The number of ether oxygens (including phenoxy) is 1. The van der Waals surface area contributed by atoms with Gasteiger partial charge in [0, 0.05) is 35.4 Å². The summed E-state index contributed by atoms with van der Waals surface area (Å²) in [5.41, 5.74) is 1.84. The van der Waals surface area contributed by atoms with Gasteiger partial charge >= 0.3 is 6.03 Å². The van der Waals surface area contributed by atoms with E-state index in [-0.39, 0.29) is 17.0 Å². The van der Waals surface area contributed by atoms with Gasteiger partial charge in [0.2, 0.25) is 0 Å². The molecule has 3 aromatic rings. The van der Waals surface area contributed by atoms with Crippen LogP contribution in [0.4, 0.5) is 16.3 Å². The molecule has 9 nitrogen and oxygen atoms in total. The SMILES string of the molecule is CCCNC(=O)Nc1ccc(-c2nc(N3CCOC[C@@H]3C)cc(C3(S(=O)(=O)c4ccc(Cl)cc4)CC3)n2)cc1. The van der Waals surface area contributed by atoms with E-state index < -0.39 is 14.6 Å². The Morgan fingerprint density at radius 2 is 1.85 bits per heavy atom. The molecule has 2 fully saturated rings. The molecule has 0 spiro atoms. The van der Waals surface area contributed by atoms with E-state index in [1.165, 1.54) is 0 Å². The number of benzene rings is 2. The van der Waals surface area contributed by atoms with Crippen molar-refractivity contribution in [2.75, 3.05) is 36.5 Å². The van der Waals surface area contributed by atoms with E-state index in [0.29, 0.717) is 67.2 Å². The summed E-state index contributed by atoms with van der Waals surface area (Å²) in [5, 5.41) is 6.07. The molecule has 2 amide bonds. The highest BCUT2D eigenvalue weighted by Gasteiger charge is 2.58. The summed E-state index contributed by atoms with van der Waals surface area (Å²) < 4.78 is 32.2. The fraction of sp³-hybridized carbons (Fsp3) is 0.393. The highest BCUT2D eigenvalue weighted by atomic mass is 35.5. The first-order valence-corrected chi connectivity index (χ1v) is 15.0. The van der Waals surface area contributed by atoms with Crippen LogP contribution in [0.1, 0.15) is 38.8 Å². The Labute approximate surface area is 233 Å². The van der Waals surface area contributed by atoms with Gasteiger partial charge in [-0.15, -0.1) is 0 Å². The first kappa shape index (κ1) is 27.4. The molecule has 2 N–H and O–H groups in total. The number of urea groups is 1. The van der Waals surface area contributed by atoms with Crippen LogP contribution in [0.5, 0.6) is 0 Å². The normalized spacial score (nSPS) is 18.4. The molecular weight excluding hydrogens is 538 g/mol. The molecule has 2 aliphatic rings. The van der Waals surface area contributed by atoms with Gasteiger partial charge in [-0.05, 0) is 74.7 Å². The second-order valence-electron chi connectivity index (χ2n) is 9.96. The molecule has 2 aromatic carbocycles. The average Bonchev–Trinajstić information content (AvgIpc) is 3.76. The lowest BCUT2D eigenvalue weighted by Gasteiger charge is -2.34. The number of halogens is 1. The number of carbonyl (C=O) groups excluding carboxylic acids is 1. The fourth-order valence-electron chi connectivity index (χ4n) is 4.74. The predicted octanol–water partition coefficient (Wildman–Crippen LogP) is 5.02. The van der Waals surface area contributed by atoms with Crippen LogP contribution in [-0.2, 0) is 19.3 Å². The van der Waals surface area contributed by atoms with Crippen LogP contribution in [-0.4, -0.2) is 56.8 Å². The third kappa shape index (κ3) is 5.59. The number of hydrogen-bond acceptors (Lipinski definition) is 7. The van der Waals surface area contributed by atoms with Crippen molar-refractivity contribution in [3.8, 4) is 11.4 Å². The Bertz CT molecular complexity index is 1440. The first-order chi connectivity index (χ1) is 18.7. The molecule has 206 valence electrons. The number of morpholine rings is 1. The number of carbonyl (C=O) groups is 1. The Kier molecular flexibility index (Phi) is 7.80. The van der Waals surface area contributed by atoms with E-state index in [4.69, 9.17) is 26.3 Å². The minimum atomic E-state index is -3.73. The molecule has 5 rings (SSSR count). The molecule has 0 radical (unpaired) electrons. The highest BCUT2D eigenvalue weighted by Crippen LogP contribution is 2.55. The standard InChI is InChI=1S/C28H32ClN5O4S/c1-3-14-30-27(35)31-22-8-4-20(5-9-22)26-32-24(17-25(33-26)34-15-16-38-18-19(34)2)28(12-13-28)39(36,37)23-10-6-21(29)7-11-23/h4-11,17,19H,3,12-16,18H2,1-2H3,(H2,30,31,35)/t19-/m0/s1. The van der Waals surface area contributed by atoms with E-state index in [9.17, 15) is 13.2 Å². The van der Waals surface area contributed by atoms with Crippen molar-refractivity contribution in [3.63, 3.8) is 0 Å². The van der Waals surface area contributed by atoms with Gasteiger partial charge in [-0.3, -0.25) is 0 Å². The van der Waals surface area contributed by atoms with Gasteiger partial charge in [-0.25, -0.2) is 23.2 Å². The monoisotopic (exact) mass is 569 g/mol. The molecular formula is C28H32ClN5O4S. The molecule has 0 unspecified atom stereocenters. The molecule has 1 aliphatic heterocycles. The number of nitrogens with zero attached hydrogens (tertiary/aromatic N) is 3. The smallest absolute Gasteiger partial charge is 0.319 e. The van der Waals surface area contributed by atoms with Gasteiger partial charge in [-0.1, -0.05) is 18.5 Å². The molecule has 1 saturated carbocycles. The van der Waals surface area contributed by atoms with Crippen molar-refractivity contribution in [3.05, 3.63) is 65.3 Å². The third-order valence-corrected chi connectivity index (χ3v) is 9.91. The number of sulfone groups is 1. The molecule has 1 aliphatic carbocycles. The number of amides is 2. The van der Waals surface area contributed by atoms with E-state index >= 15 is 0 Å². The topological polar surface area (TPSA) is 114 Å². The fourth-order valence-corrected chi connectivity index (χ4v) is 6.83. The minimum absolute atomic E-state index is 0.0746. The van der Waals surface area contributed by atoms with Gasteiger partial charge in [0.15, 0.2) is 15.7 Å². The minimum Gasteiger partial charge on any atom is -0.377 e. The second kappa shape index (κ2) is 11.1. The molecule has 1 saturated heterocycles. The number of aromatic nitrogens is 2. The zero-order chi connectivity index (χ0) is 27.6. The van der Waals surface area contributed by atoms with Gasteiger partial charge in [0.05, 0.1) is 29.8 Å². The van der Waals surface area contributed by atoms with Gasteiger partial charge in [-0.2, -0.15) is 0 Å². The summed E-state index contributed by atoms with van der Waals surface area (Å²) in [7, 11) is -3.73. The van der Waals surface area contributed by atoms with Gasteiger partial charge < -0.3 is 20.3 Å². The quantitative estimate of drug-likeness (QED) is 0.392. The average molecular weight is 570 g/mol. The maximum Gasteiger partial charge on any atom is 0.319 e. The Hall–Kier alpha value is -3.21. The lowest BCUT2D eigenvalue weighted by Crippen LogP contribution is -2.44. The summed E-state index contributed by atoms with van der Waals surface area (Å²) in [6.45, 7) is 6.40. The number of hydrogen-bond donors (Lipinski definition) is 2. The molecule has 11 heteroatoms. The van der Waals surface area contributed by atoms with E-state index in [1.54, 1.807) is 36.4 Å². The van der Waals surface area contributed by atoms with Crippen molar-refractivity contribution < 1.29 is 17.9 Å². The van der Waals surface area contributed by atoms with Gasteiger partial charge in [0.25, 0.3) is 0 Å². The van der Waals surface area contributed by atoms with E-state index in [2.05, 4.69) is 22.5 Å². The van der Waals surface area contributed by atoms with Crippen molar-refractivity contribution >= 4 is 39.0 Å². The molecule has 39 heavy (non-hydrogen) atoms. The molecule has 2 heterocycles. The molecule has 1 aromatic heterocycles. The Morgan fingerprint density at radius 3 is 2.49 bits per heavy atom. The lowest BCUT2D eigenvalue weighted by atomic mass is 10.1. The third-order valence-electron chi connectivity index (χ3n) is 7.12. The van der Waals surface area contributed by atoms with Crippen LogP contribution in [0.25, 0.3) is 11.4 Å². The number of anilines is 2. The number of nitrogens with one attached hydrogen (secondary N) is 2. The maximum atomic E-state index is 13.9. The van der Waals surface area contributed by atoms with Crippen LogP contribution in [0.3, 0.4) is 0 Å². The zero-order valence-corrected chi connectivity index (χ0v) is 23.6. The Morgan fingerprint density at radius 1 is 1.13 bits per heavy atom. The van der Waals surface area contributed by atoms with Crippen molar-refractivity contribution in [2.45, 2.75) is 48.8 Å². The summed E-state index contributed by atoms with van der Waals surface area (Å²) in [6.07, 6.45) is 1.80. The maximum absolute atomic E-state index is 13.9. The Balaban J connectivity index is 1.53. The lowest BCUT2D eigenvalue weighted by molar-refractivity contribution is 0.0985. The summed E-state index contributed by atoms with van der Waals surface area (Å²) in [6, 6.07) is 15.1.